The molecule has 1 saturated carbocycles. The molecule has 4 rings (SSSR count). The number of halogens is 3. The zero-order chi connectivity index (χ0) is 20.3. The van der Waals surface area contributed by atoms with Gasteiger partial charge in [-0.15, -0.1) is 11.3 Å². The van der Waals surface area contributed by atoms with E-state index in [1.54, 1.807) is 6.33 Å². The van der Waals surface area contributed by atoms with Gasteiger partial charge >= 0.3 is 12.1 Å². The van der Waals surface area contributed by atoms with Crippen molar-refractivity contribution < 1.29 is 23.1 Å². The smallest absolute Gasteiger partial charge is 0.475 e. The summed E-state index contributed by atoms with van der Waals surface area (Å²) in [6.45, 7) is 5.52. The Balaban J connectivity index is 0.000000279. The molecule has 152 valence electrons. The van der Waals surface area contributed by atoms with Crippen molar-refractivity contribution in [2.24, 2.45) is 0 Å². The predicted molar refractivity (Wildman–Crippen MR) is 99.4 cm³/mol. The molecule has 5 nitrogen and oxygen atoms in total. The summed E-state index contributed by atoms with van der Waals surface area (Å²) in [5, 5.41) is 7.12. The van der Waals surface area contributed by atoms with E-state index in [2.05, 4.69) is 33.9 Å². The van der Waals surface area contributed by atoms with E-state index in [9.17, 15) is 13.2 Å². The van der Waals surface area contributed by atoms with Gasteiger partial charge in [-0.1, -0.05) is 0 Å². The summed E-state index contributed by atoms with van der Waals surface area (Å²) in [5.41, 5.74) is 4.12. The van der Waals surface area contributed by atoms with E-state index in [1.807, 2.05) is 11.3 Å². The highest BCUT2D eigenvalue weighted by atomic mass is 32.1. The highest BCUT2D eigenvalue weighted by Gasteiger charge is 2.38. The fraction of sp³-hybridized carbons (Fsp3) is 0.526. The molecule has 0 saturated heterocycles. The van der Waals surface area contributed by atoms with Crippen molar-refractivity contribution in [2.75, 3.05) is 13.1 Å². The molecular weight excluding hydrogens is 391 g/mol. The van der Waals surface area contributed by atoms with Crippen LogP contribution >= 0.6 is 11.3 Å². The zero-order valence-corrected chi connectivity index (χ0v) is 16.3. The number of thiophene rings is 1. The molecule has 1 aliphatic carbocycles. The fourth-order valence-electron chi connectivity index (χ4n) is 3.26. The van der Waals surface area contributed by atoms with Crippen molar-refractivity contribution in [3.8, 4) is 0 Å². The Kier molecular flexibility index (Phi) is 6.34. The Morgan fingerprint density at radius 3 is 2.50 bits per heavy atom. The van der Waals surface area contributed by atoms with Gasteiger partial charge in [0.05, 0.1) is 5.69 Å². The number of alkyl halides is 3. The lowest BCUT2D eigenvalue weighted by Gasteiger charge is -2.18. The van der Waals surface area contributed by atoms with Crippen molar-refractivity contribution >= 4 is 17.3 Å². The van der Waals surface area contributed by atoms with Crippen LogP contribution in [-0.2, 0) is 24.2 Å². The van der Waals surface area contributed by atoms with Crippen LogP contribution < -0.4 is 0 Å². The highest BCUT2D eigenvalue weighted by Crippen LogP contribution is 2.41. The van der Waals surface area contributed by atoms with Crippen LogP contribution in [0.5, 0.6) is 0 Å². The number of carbonyl (C=O) groups is 1. The minimum atomic E-state index is -5.08. The first-order valence-corrected chi connectivity index (χ1v) is 9.96. The summed E-state index contributed by atoms with van der Waals surface area (Å²) < 4.78 is 31.7. The van der Waals surface area contributed by atoms with Crippen LogP contribution in [0, 0.1) is 6.92 Å². The van der Waals surface area contributed by atoms with E-state index in [4.69, 9.17) is 9.90 Å². The van der Waals surface area contributed by atoms with E-state index in [0.717, 1.165) is 38.4 Å². The first-order valence-electron chi connectivity index (χ1n) is 9.14. The number of fused-ring (bicyclic) bond motifs is 1. The number of carboxylic acid groups (broad SMARTS) is 1. The monoisotopic (exact) mass is 413 g/mol. The lowest BCUT2D eigenvalue weighted by Crippen LogP contribution is -2.25. The second-order valence-corrected chi connectivity index (χ2v) is 8.42. The Hall–Kier alpha value is -2.00. The number of rotatable bonds is 3. The van der Waals surface area contributed by atoms with Gasteiger partial charge < -0.3 is 5.11 Å². The number of aryl methyl sites for hydroxylation is 1. The SMILES string of the molecule is Cc1ccc(CN2CCc3ncnc(C4CC4)c3CC2)s1.O=C(O)C(F)(F)F. The Morgan fingerprint density at radius 2 is 1.93 bits per heavy atom. The minimum Gasteiger partial charge on any atom is -0.475 e. The third-order valence-corrected chi connectivity index (χ3v) is 5.78. The molecular formula is C19H22F3N3O2S. The maximum atomic E-state index is 10.6. The van der Waals surface area contributed by atoms with Crippen LogP contribution in [0.4, 0.5) is 13.2 Å². The van der Waals surface area contributed by atoms with E-state index in [-0.39, 0.29) is 0 Å². The molecule has 3 heterocycles. The van der Waals surface area contributed by atoms with Gasteiger partial charge in [0.25, 0.3) is 0 Å². The summed E-state index contributed by atoms with van der Waals surface area (Å²) in [6, 6.07) is 4.50. The summed E-state index contributed by atoms with van der Waals surface area (Å²) >= 11 is 1.92. The topological polar surface area (TPSA) is 66.3 Å². The second-order valence-electron chi connectivity index (χ2n) is 7.05. The molecule has 28 heavy (non-hydrogen) atoms. The van der Waals surface area contributed by atoms with Crippen molar-refractivity contribution in [3.05, 3.63) is 45.2 Å². The molecule has 2 aromatic heterocycles. The molecule has 1 fully saturated rings. The van der Waals surface area contributed by atoms with Crippen LogP contribution in [0.15, 0.2) is 18.5 Å². The van der Waals surface area contributed by atoms with Gasteiger partial charge in [-0.05, 0) is 43.9 Å². The lowest BCUT2D eigenvalue weighted by molar-refractivity contribution is -0.192. The summed E-state index contributed by atoms with van der Waals surface area (Å²) in [5.74, 6) is -2.03. The first-order chi connectivity index (χ1) is 13.2. The van der Waals surface area contributed by atoms with Gasteiger partial charge in [-0.3, -0.25) is 4.90 Å². The highest BCUT2D eigenvalue weighted by molar-refractivity contribution is 7.11. The van der Waals surface area contributed by atoms with Crippen molar-refractivity contribution in [3.63, 3.8) is 0 Å². The molecule has 0 aromatic carbocycles. The van der Waals surface area contributed by atoms with E-state index >= 15 is 0 Å². The van der Waals surface area contributed by atoms with Crippen LogP contribution in [0.25, 0.3) is 0 Å². The molecule has 1 aliphatic heterocycles. The summed E-state index contributed by atoms with van der Waals surface area (Å²) in [7, 11) is 0. The fourth-order valence-corrected chi connectivity index (χ4v) is 4.19. The average molecular weight is 413 g/mol. The molecule has 0 unspecified atom stereocenters. The van der Waals surface area contributed by atoms with Crippen molar-refractivity contribution in [1.82, 2.24) is 14.9 Å². The van der Waals surface area contributed by atoms with Crippen LogP contribution in [0.2, 0.25) is 0 Å². The molecule has 0 bridgehead atoms. The molecule has 0 amide bonds. The van der Waals surface area contributed by atoms with E-state index in [0.29, 0.717) is 0 Å². The Bertz CT molecular complexity index is 834. The van der Waals surface area contributed by atoms with Crippen molar-refractivity contribution in [1.29, 1.82) is 0 Å². The normalized spacial score (nSPS) is 17.3. The minimum absolute atomic E-state index is 0.730. The maximum Gasteiger partial charge on any atom is 0.490 e. The van der Waals surface area contributed by atoms with Gasteiger partial charge in [0.1, 0.15) is 6.33 Å². The van der Waals surface area contributed by atoms with Gasteiger partial charge in [-0.2, -0.15) is 13.2 Å². The van der Waals surface area contributed by atoms with Gasteiger partial charge in [0.15, 0.2) is 0 Å². The third-order valence-electron chi connectivity index (χ3n) is 4.79. The standard InChI is InChI=1S/C17H21N3S.C2HF3O2/c1-12-2-5-14(21-12)10-20-8-6-15-16(7-9-20)18-11-19-17(15)13-3-4-13;3-2(4,5)1(6)7/h2,5,11,13H,3-4,6-10H2,1H3;(H,6,7). The molecule has 2 aliphatic rings. The van der Waals surface area contributed by atoms with Gasteiger partial charge in [0, 0.05) is 47.4 Å². The number of hydrogen-bond donors (Lipinski definition) is 1. The summed E-state index contributed by atoms with van der Waals surface area (Å²) in [6.07, 6.45) is 1.53. The maximum absolute atomic E-state index is 10.6. The van der Waals surface area contributed by atoms with E-state index < -0.39 is 12.1 Å². The van der Waals surface area contributed by atoms with Gasteiger partial charge in [0.2, 0.25) is 0 Å². The molecule has 0 spiro atoms. The van der Waals surface area contributed by atoms with Gasteiger partial charge in [-0.25, -0.2) is 14.8 Å². The van der Waals surface area contributed by atoms with Crippen LogP contribution in [0.3, 0.4) is 0 Å². The third kappa shape index (κ3) is 5.51. The molecule has 0 radical (unpaired) electrons. The number of carboxylic acids is 1. The average Bonchev–Trinajstić information content (AvgIpc) is 3.41. The molecule has 9 heteroatoms. The second kappa shape index (κ2) is 8.57. The zero-order valence-electron chi connectivity index (χ0n) is 15.5. The van der Waals surface area contributed by atoms with Crippen LogP contribution in [0.1, 0.15) is 45.5 Å². The molecule has 0 atom stereocenters. The predicted octanol–water partition coefficient (Wildman–Crippen LogP) is 3.96. The quantitative estimate of drug-likeness (QED) is 0.825. The Labute approximate surface area is 165 Å². The first kappa shape index (κ1) is 20.7. The van der Waals surface area contributed by atoms with Crippen molar-refractivity contribution in [2.45, 2.75) is 51.2 Å². The van der Waals surface area contributed by atoms with Crippen LogP contribution in [-0.4, -0.2) is 45.2 Å². The Morgan fingerprint density at radius 1 is 1.25 bits per heavy atom. The van der Waals surface area contributed by atoms with E-state index in [1.165, 1.54) is 39.5 Å². The lowest BCUT2D eigenvalue weighted by atomic mass is 10.0. The number of hydrogen-bond acceptors (Lipinski definition) is 5. The number of aromatic nitrogens is 2. The number of nitrogens with zero attached hydrogens (tertiary/aromatic N) is 3. The largest absolute Gasteiger partial charge is 0.490 e. The number of aliphatic carboxylic acids is 1. The molecule has 1 N–H and O–H groups in total. The molecule has 2 aromatic rings. The summed E-state index contributed by atoms with van der Waals surface area (Å²) in [4.78, 5) is 23.5.